The molecule has 20 heavy (non-hydrogen) atoms. The first-order valence-corrected chi connectivity index (χ1v) is 7.61. The average molecular weight is 408 g/mol. The molecule has 0 saturated carbocycles. The van der Waals surface area contributed by atoms with E-state index >= 15 is 0 Å². The van der Waals surface area contributed by atoms with E-state index in [0.29, 0.717) is 17.1 Å². The molecule has 1 unspecified atom stereocenters. The third-order valence-electron chi connectivity index (χ3n) is 2.90. The van der Waals surface area contributed by atoms with Crippen LogP contribution in [0.4, 0.5) is 8.78 Å². The van der Waals surface area contributed by atoms with Crippen molar-refractivity contribution >= 4 is 34.2 Å². The van der Waals surface area contributed by atoms with Crippen molar-refractivity contribution < 1.29 is 8.78 Å². The summed E-state index contributed by atoms with van der Waals surface area (Å²) in [5.74, 6) is -1.17. The second kappa shape index (κ2) is 6.83. The number of halogens is 4. The van der Waals surface area contributed by atoms with Crippen LogP contribution in [-0.2, 0) is 0 Å². The van der Waals surface area contributed by atoms with Gasteiger partial charge in [-0.15, -0.1) is 0 Å². The van der Waals surface area contributed by atoms with Gasteiger partial charge in [-0.3, -0.25) is 0 Å². The van der Waals surface area contributed by atoms with E-state index in [4.69, 9.17) is 11.6 Å². The Bertz CT molecular complexity index is 599. The van der Waals surface area contributed by atoms with E-state index in [1.165, 1.54) is 12.1 Å². The van der Waals surface area contributed by atoms with Crippen LogP contribution >= 0.6 is 34.2 Å². The van der Waals surface area contributed by atoms with Crippen molar-refractivity contribution in [2.45, 2.75) is 13.0 Å². The highest BCUT2D eigenvalue weighted by Gasteiger charge is 2.18. The van der Waals surface area contributed by atoms with Gasteiger partial charge >= 0.3 is 0 Å². The lowest BCUT2D eigenvalue weighted by molar-refractivity contribution is 0.565. The first-order valence-electron chi connectivity index (χ1n) is 6.15. The third kappa shape index (κ3) is 3.68. The highest BCUT2D eigenvalue weighted by Crippen LogP contribution is 2.29. The minimum atomic E-state index is -0.583. The number of benzene rings is 2. The minimum absolute atomic E-state index is 0.296. The van der Waals surface area contributed by atoms with E-state index in [1.807, 2.05) is 19.1 Å². The summed E-state index contributed by atoms with van der Waals surface area (Å²) in [6, 6.07) is 8.76. The summed E-state index contributed by atoms with van der Waals surface area (Å²) < 4.78 is 27.8. The molecule has 1 N–H and O–H groups in total. The predicted octanol–water partition coefficient (Wildman–Crippen LogP) is 4.92. The van der Waals surface area contributed by atoms with E-state index in [2.05, 4.69) is 27.9 Å². The van der Waals surface area contributed by atoms with Gasteiger partial charge in [0, 0.05) is 14.7 Å². The molecule has 1 atom stereocenters. The van der Waals surface area contributed by atoms with Crippen LogP contribution in [-0.4, -0.2) is 6.54 Å². The van der Waals surface area contributed by atoms with Gasteiger partial charge < -0.3 is 5.32 Å². The van der Waals surface area contributed by atoms with Gasteiger partial charge in [0.15, 0.2) is 0 Å². The molecule has 0 aromatic heterocycles. The fourth-order valence-electron chi connectivity index (χ4n) is 2.09. The van der Waals surface area contributed by atoms with Gasteiger partial charge in [0.1, 0.15) is 11.6 Å². The zero-order valence-corrected chi connectivity index (χ0v) is 13.7. The van der Waals surface area contributed by atoms with Crippen molar-refractivity contribution in [3.63, 3.8) is 0 Å². The highest BCUT2D eigenvalue weighted by atomic mass is 127. The molecule has 0 aliphatic carbocycles. The molecule has 1 nitrogen and oxygen atoms in total. The zero-order valence-electron chi connectivity index (χ0n) is 10.8. The molecule has 0 radical (unpaired) electrons. The molecule has 2 aromatic rings. The van der Waals surface area contributed by atoms with Crippen molar-refractivity contribution in [3.8, 4) is 0 Å². The van der Waals surface area contributed by atoms with Gasteiger partial charge in [-0.25, -0.2) is 8.78 Å². The Labute approximate surface area is 135 Å². The van der Waals surface area contributed by atoms with Gasteiger partial charge in [-0.2, -0.15) is 0 Å². The van der Waals surface area contributed by atoms with Gasteiger partial charge in [0.25, 0.3) is 0 Å². The number of nitrogens with one attached hydrogen (secondary N) is 1. The molecule has 0 spiro atoms. The van der Waals surface area contributed by atoms with E-state index in [1.54, 1.807) is 6.07 Å². The Balaban J connectivity index is 2.52. The van der Waals surface area contributed by atoms with E-state index < -0.39 is 11.6 Å². The lowest BCUT2D eigenvalue weighted by Gasteiger charge is -2.21. The van der Waals surface area contributed by atoms with Crippen molar-refractivity contribution in [2.24, 2.45) is 0 Å². The fourth-order valence-corrected chi connectivity index (χ4v) is 2.92. The summed E-state index contributed by atoms with van der Waals surface area (Å²) >= 11 is 8.22. The molecule has 106 valence electrons. The Hall–Kier alpha value is -0.720. The van der Waals surface area contributed by atoms with Gasteiger partial charge in [0.2, 0.25) is 0 Å². The molecule has 5 heteroatoms. The van der Waals surface area contributed by atoms with Crippen molar-refractivity contribution in [1.82, 2.24) is 5.32 Å². The summed E-state index contributed by atoms with van der Waals surface area (Å²) in [6.45, 7) is 2.62. The molecular weight excluding hydrogens is 395 g/mol. The van der Waals surface area contributed by atoms with Gasteiger partial charge in [0.05, 0.1) is 6.04 Å². The maximum atomic E-state index is 13.4. The molecule has 0 bridgehead atoms. The van der Waals surface area contributed by atoms with Crippen LogP contribution < -0.4 is 5.32 Å². The molecule has 2 aromatic carbocycles. The zero-order chi connectivity index (χ0) is 14.7. The quantitative estimate of drug-likeness (QED) is 0.709. The molecule has 0 saturated heterocycles. The molecule has 0 fully saturated rings. The predicted molar refractivity (Wildman–Crippen MR) is 86.0 cm³/mol. The Morgan fingerprint density at radius 1 is 1.15 bits per heavy atom. The molecule has 2 rings (SSSR count). The molecule has 0 aliphatic heterocycles. The SMILES string of the molecule is CCNC(c1cc(F)cc(F)c1)c1cc(Cl)ccc1I. The average Bonchev–Trinajstić information content (AvgIpc) is 2.38. The summed E-state index contributed by atoms with van der Waals surface area (Å²) in [5, 5.41) is 3.84. The summed E-state index contributed by atoms with van der Waals surface area (Å²) in [6.07, 6.45) is 0. The molecule has 0 aliphatic rings. The lowest BCUT2D eigenvalue weighted by Crippen LogP contribution is -2.23. The van der Waals surface area contributed by atoms with Crippen molar-refractivity contribution in [3.05, 3.63) is 67.8 Å². The first kappa shape index (κ1) is 15.7. The van der Waals surface area contributed by atoms with E-state index in [0.717, 1.165) is 15.2 Å². The first-order chi connectivity index (χ1) is 9.51. The summed E-state index contributed by atoms with van der Waals surface area (Å²) in [4.78, 5) is 0. The van der Waals surface area contributed by atoms with Crippen LogP contribution in [0.2, 0.25) is 5.02 Å². The van der Waals surface area contributed by atoms with Crippen LogP contribution in [0.1, 0.15) is 24.1 Å². The van der Waals surface area contributed by atoms with E-state index in [-0.39, 0.29) is 6.04 Å². The maximum Gasteiger partial charge on any atom is 0.126 e. The maximum absolute atomic E-state index is 13.4. The Morgan fingerprint density at radius 2 is 1.80 bits per heavy atom. The van der Waals surface area contributed by atoms with E-state index in [9.17, 15) is 8.78 Å². The van der Waals surface area contributed by atoms with Crippen LogP contribution in [0.3, 0.4) is 0 Å². The fraction of sp³-hybridized carbons (Fsp3) is 0.200. The Kier molecular flexibility index (Phi) is 5.35. The second-order valence-electron chi connectivity index (χ2n) is 4.36. The Morgan fingerprint density at radius 3 is 2.40 bits per heavy atom. The van der Waals surface area contributed by atoms with Gasteiger partial charge in [-0.05, 0) is 70.6 Å². The van der Waals surface area contributed by atoms with Crippen LogP contribution in [0.25, 0.3) is 0 Å². The number of rotatable bonds is 4. The van der Waals surface area contributed by atoms with Crippen LogP contribution in [0, 0.1) is 15.2 Å². The number of hydrogen-bond donors (Lipinski definition) is 1. The highest BCUT2D eigenvalue weighted by molar-refractivity contribution is 14.1. The third-order valence-corrected chi connectivity index (χ3v) is 4.11. The number of hydrogen-bond acceptors (Lipinski definition) is 1. The monoisotopic (exact) mass is 407 g/mol. The molecule has 0 amide bonds. The summed E-state index contributed by atoms with van der Waals surface area (Å²) in [5.41, 5.74) is 1.45. The molecular formula is C15H13ClF2IN. The van der Waals surface area contributed by atoms with Crippen molar-refractivity contribution in [1.29, 1.82) is 0 Å². The summed E-state index contributed by atoms with van der Waals surface area (Å²) in [7, 11) is 0. The standard InChI is InChI=1S/C15H13ClF2IN/c1-2-20-15(9-5-11(17)8-12(18)6-9)13-7-10(16)3-4-14(13)19/h3-8,15,20H,2H2,1H3. The molecule has 0 heterocycles. The topological polar surface area (TPSA) is 12.0 Å². The minimum Gasteiger partial charge on any atom is -0.306 e. The normalized spacial score (nSPS) is 12.4. The smallest absolute Gasteiger partial charge is 0.126 e. The van der Waals surface area contributed by atoms with Crippen molar-refractivity contribution in [2.75, 3.05) is 6.54 Å². The second-order valence-corrected chi connectivity index (χ2v) is 5.96. The van der Waals surface area contributed by atoms with Crippen LogP contribution in [0.5, 0.6) is 0 Å². The lowest BCUT2D eigenvalue weighted by atomic mass is 9.98. The van der Waals surface area contributed by atoms with Crippen LogP contribution in [0.15, 0.2) is 36.4 Å². The largest absolute Gasteiger partial charge is 0.306 e. The van der Waals surface area contributed by atoms with Gasteiger partial charge in [-0.1, -0.05) is 18.5 Å².